The zero-order chi connectivity index (χ0) is 17.2. The third-order valence-electron chi connectivity index (χ3n) is 4.13. The van der Waals surface area contributed by atoms with Crippen molar-refractivity contribution in [1.29, 1.82) is 0 Å². The number of ether oxygens (including phenoxy) is 1. The van der Waals surface area contributed by atoms with Gasteiger partial charge in [0, 0.05) is 25.2 Å². The first-order valence-electron chi connectivity index (χ1n) is 7.31. The highest BCUT2D eigenvalue weighted by Crippen LogP contribution is 2.26. The van der Waals surface area contributed by atoms with Gasteiger partial charge in [-0.1, -0.05) is 12.1 Å². The molecule has 0 spiro atoms. The first-order chi connectivity index (χ1) is 10.7. The van der Waals surface area contributed by atoms with Gasteiger partial charge in [0.1, 0.15) is 5.75 Å². The van der Waals surface area contributed by atoms with E-state index in [1.807, 2.05) is 12.1 Å². The van der Waals surface area contributed by atoms with Crippen molar-refractivity contribution in [2.45, 2.75) is 32.0 Å². The lowest BCUT2D eigenvalue weighted by atomic mass is 10.1. The molecule has 0 radical (unpaired) electrons. The molecule has 1 aromatic rings. The predicted octanol–water partition coefficient (Wildman–Crippen LogP) is 1.60. The van der Waals surface area contributed by atoms with Crippen LogP contribution in [0.3, 0.4) is 0 Å². The van der Waals surface area contributed by atoms with Crippen molar-refractivity contribution >= 4 is 16.1 Å². The molecule has 1 aliphatic heterocycles. The number of nitrogens with zero attached hydrogens (tertiary/aromatic N) is 2. The number of carbonyl (C=O) groups is 1. The Bertz CT molecular complexity index is 659. The molecule has 1 fully saturated rings. The zero-order valence-corrected chi connectivity index (χ0v) is 14.3. The molecule has 1 aromatic carbocycles. The van der Waals surface area contributed by atoms with Crippen LogP contribution in [0, 0.1) is 0 Å². The zero-order valence-electron chi connectivity index (χ0n) is 13.5. The Morgan fingerprint density at radius 1 is 1.39 bits per heavy atom. The van der Waals surface area contributed by atoms with Crippen molar-refractivity contribution in [3.63, 3.8) is 0 Å². The minimum Gasteiger partial charge on any atom is -0.497 e. The van der Waals surface area contributed by atoms with Gasteiger partial charge in [0.05, 0.1) is 13.4 Å². The lowest BCUT2D eigenvalue weighted by Crippen LogP contribution is -2.41. The SMILES string of the molecule is COc1ccc(CN(C2CC(C)N(C(=O)O)C2)S(C)(=O)=O)cc1. The molecule has 23 heavy (non-hydrogen) atoms. The topological polar surface area (TPSA) is 87.2 Å². The summed E-state index contributed by atoms with van der Waals surface area (Å²) in [6.07, 6.45) is 0.637. The number of benzene rings is 1. The maximum Gasteiger partial charge on any atom is 0.407 e. The first kappa shape index (κ1) is 17.6. The molecule has 0 aliphatic carbocycles. The molecule has 2 rings (SSSR count). The van der Waals surface area contributed by atoms with Crippen LogP contribution in [-0.2, 0) is 16.6 Å². The van der Waals surface area contributed by atoms with Gasteiger partial charge in [0.25, 0.3) is 0 Å². The molecule has 128 valence electrons. The number of carboxylic acid groups (broad SMARTS) is 1. The highest BCUT2D eigenvalue weighted by atomic mass is 32.2. The van der Waals surface area contributed by atoms with Crippen molar-refractivity contribution in [2.24, 2.45) is 0 Å². The van der Waals surface area contributed by atoms with Crippen molar-refractivity contribution in [3.05, 3.63) is 29.8 Å². The number of amides is 1. The number of sulfonamides is 1. The van der Waals surface area contributed by atoms with E-state index in [1.165, 1.54) is 9.21 Å². The second-order valence-corrected chi connectivity index (χ2v) is 7.76. The van der Waals surface area contributed by atoms with Crippen LogP contribution in [0.2, 0.25) is 0 Å². The van der Waals surface area contributed by atoms with Gasteiger partial charge in [-0.25, -0.2) is 13.2 Å². The molecule has 1 amide bonds. The quantitative estimate of drug-likeness (QED) is 0.878. The molecule has 0 bridgehead atoms. The molecule has 1 saturated heterocycles. The molecule has 0 saturated carbocycles. The van der Waals surface area contributed by atoms with E-state index in [2.05, 4.69) is 0 Å². The molecule has 0 aromatic heterocycles. The molecule has 8 heteroatoms. The fourth-order valence-corrected chi connectivity index (χ4v) is 3.98. The summed E-state index contributed by atoms with van der Waals surface area (Å²) in [5.41, 5.74) is 0.831. The van der Waals surface area contributed by atoms with E-state index in [0.29, 0.717) is 12.2 Å². The van der Waals surface area contributed by atoms with Gasteiger partial charge in [0.2, 0.25) is 10.0 Å². The van der Waals surface area contributed by atoms with Crippen LogP contribution >= 0.6 is 0 Å². The smallest absolute Gasteiger partial charge is 0.407 e. The Morgan fingerprint density at radius 2 is 2.00 bits per heavy atom. The summed E-state index contributed by atoms with van der Waals surface area (Å²) in [6.45, 7) is 2.20. The Labute approximate surface area is 136 Å². The largest absolute Gasteiger partial charge is 0.497 e. The fourth-order valence-electron chi connectivity index (χ4n) is 2.91. The predicted molar refractivity (Wildman–Crippen MR) is 86.0 cm³/mol. The lowest BCUT2D eigenvalue weighted by molar-refractivity contribution is 0.141. The Morgan fingerprint density at radius 3 is 2.43 bits per heavy atom. The van der Waals surface area contributed by atoms with Gasteiger partial charge in [-0.2, -0.15) is 4.31 Å². The molecular formula is C15H22N2O5S. The van der Waals surface area contributed by atoms with Crippen molar-refractivity contribution in [2.75, 3.05) is 19.9 Å². The van der Waals surface area contributed by atoms with E-state index in [9.17, 15) is 18.3 Å². The van der Waals surface area contributed by atoms with Gasteiger partial charge in [0.15, 0.2) is 0 Å². The number of methoxy groups -OCH3 is 1. The number of hydrogen-bond donors (Lipinski definition) is 1. The molecule has 1 N–H and O–H groups in total. The minimum absolute atomic E-state index is 0.194. The van der Waals surface area contributed by atoms with Gasteiger partial charge >= 0.3 is 6.09 Å². The molecule has 2 unspecified atom stereocenters. The summed E-state index contributed by atoms with van der Waals surface area (Å²) < 4.78 is 30.8. The Kier molecular flexibility index (Phi) is 5.16. The highest BCUT2D eigenvalue weighted by molar-refractivity contribution is 7.88. The maximum absolute atomic E-state index is 12.2. The van der Waals surface area contributed by atoms with E-state index < -0.39 is 16.1 Å². The number of likely N-dealkylation sites (tertiary alicyclic amines) is 1. The molecule has 1 aliphatic rings. The van der Waals surface area contributed by atoms with Crippen LogP contribution in [0.5, 0.6) is 5.75 Å². The average Bonchev–Trinajstić information content (AvgIpc) is 2.86. The monoisotopic (exact) mass is 342 g/mol. The summed E-state index contributed by atoms with van der Waals surface area (Å²) in [4.78, 5) is 12.5. The summed E-state index contributed by atoms with van der Waals surface area (Å²) in [7, 11) is -1.88. The first-order valence-corrected chi connectivity index (χ1v) is 9.16. The van der Waals surface area contributed by atoms with Crippen LogP contribution in [0.1, 0.15) is 18.9 Å². The second kappa shape index (κ2) is 6.76. The van der Waals surface area contributed by atoms with Crippen LogP contribution in [0.15, 0.2) is 24.3 Å². The summed E-state index contributed by atoms with van der Waals surface area (Å²) in [5, 5.41) is 9.18. The van der Waals surface area contributed by atoms with E-state index in [-0.39, 0.29) is 25.2 Å². The number of rotatable bonds is 5. The normalized spacial score (nSPS) is 21.7. The molecule has 1 heterocycles. The van der Waals surface area contributed by atoms with E-state index >= 15 is 0 Å². The van der Waals surface area contributed by atoms with Crippen LogP contribution in [-0.4, -0.2) is 60.8 Å². The van der Waals surface area contributed by atoms with Gasteiger partial charge in [-0.15, -0.1) is 0 Å². The maximum atomic E-state index is 12.2. The summed E-state index contributed by atoms with van der Waals surface area (Å²) in [5.74, 6) is 0.700. The molecule has 2 atom stereocenters. The van der Waals surface area contributed by atoms with Gasteiger partial charge in [-0.3, -0.25) is 0 Å². The van der Waals surface area contributed by atoms with Crippen LogP contribution in [0.25, 0.3) is 0 Å². The third-order valence-corrected chi connectivity index (χ3v) is 5.41. The Balaban J connectivity index is 2.20. The average molecular weight is 342 g/mol. The summed E-state index contributed by atoms with van der Waals surface area (Å²) in [6, 6.07) is 6.62. The van der Waals surface area contributed by atoms with Crippen LogP contribution in [0.4, 0.5) is 4.79 Å². The highest BCUT2D eigenvalue weighted by Gasteiger charge is 2.38. The number of hydrogen-bond acceptors (Lipinski definition) is 4. The summed E-state index contributed by atoms with van der Waals surface area (Å²) >= 11 is 0. The lowest BCUT2D eigenvalue weighted by Gasteiger charge is -2.26. The van der Waals surface area contributed by atoms with Crippen molar-refractivity contribution in [1.82, 2.24) is 9.21 Å². The standard InChI is InChI=1S/C15H22N2O5S/c1-11-8-13(10-16(11)15(18)19)17(23(3,20)21)9-12-4-6-14(22-2)7-5-12/h4-7,11,13H,8-10H2,1-3H3,(H,18,19). The van der Waals surface area contributed by atoms with E-state index in [0.717, 1.165) is 11.8 Å². The molecule has 7 nitrogen and oxygen atoms in total. The van der Waals surface area contributed by atoms with Gasteiger partial charge < -0.3 is 14.7 Å². The van der Waals surface area contributed by atoms with E-state index in [4.69, 9.17) is 4.74 Å². The fraction of sp³-hybridized carbons (Fsp3) is 0.533. The van der Waals surface area contributed by atoms with Gasteiger partial charge in [-0.05, 0) is 31.0 Å². The third kappa shape index (κ3) is 4.14. The van der Waals surface area contributed by atoms with E-state index in [1.54, 1.807) is 26.2 Å². The second-order valence-electron chi connectivity index (χ2n) is 5.83. The van der Waals surface area contributed by atoms with Crippen LogP contribution < -0.4 is 4.74 Å². The minimum atomic E-state index is -3.45. The van der Waals surface area contributed by atoms with Crippen molar-refractivity contribution in [3.8, 4) is 5.75 Å². The molecular weight excluding hydrogens is 320 g/mol. The Hall–Kier alpha value is -1.80. The van der Waals surface area contributed by atoms with Crippen molar-refractivity contribution < 1.29 is 23.1 Å².